The zero-order valence-corrected chi connectivity index (χ0v) is 11.6. The minimum Gasteiger partial charge on any atom is -0.480 e. The van der Waals surface area contributed by atoms with Crippen LogP contribution in [0.1, 0.15) is 36.2 Å². The summed E-state index contributed by atoms with van der Waals surface area (Å²) < 4.78 is 37.2. The van der Waals surface area contributed by atoms with Gasteiger partial charge in [-0.3, -0.25) is 4.79 Å². The molecule has 4 nitrogen and oxygen atoms in total. The summed E-state index contributed by atoms with van der Waals surface area (Å²) in [5, 5.41) is 11.4. The average molecular weight is 303 g/mol. The number of carbonyl (C=O) groups excluding carboxylic acids is 1. The fourth-order valence-electron chi connectivity index (χ4n) is 1.72. The molecule has 0 bridgehead atoms. The van der Waals surface area contributed by atoms with E-state index in [0.29, 0.717) is 6.42 Å². The van der Waals surface area contributed by atoms with Crippen LogP contribution in [0.5, 0.6) is 0 Å². The molecule has 0 aliphatic heterocycles. The summed E-state index contributed by atoms with van der Waals surface area (Å²) >= 11 is 0. The van der Waals surface area contributed by atoms with Gasteiger partial charge in [-0.25, -0.2) is 4.79 Å². The molecule has 1 aromatic carbocycles. The summed E-state index contributed by atoms with van der Waals surface area (Å²) in [5.41, 5.74) is -0.881. The Morgan fingerprint density at radius 2 is 1.76 bits per heavy atom. The van der Waals surface area contributed by atoms with Crippen molar-refractivity contribution in [3.63, 3.8) is 0 Å². The number of hydrogen-bond acceptors (Lipinski definition) is 2. The molecular weight excluding hydrogens is 287 g/mol. The Morgan fingerprint density at radius 3 is 2.14 bits per heavy atom. The SMILES string of the molecule is CC[C@@H](C)[C@H](NC(=O)c1ccc(C(F)(F)F)cc1)C(=O)O. The summed E-state index contributed by atoms with van der Waals surface area (Å²) in [5.74, 6) is -2.18. The van der Waals surface area contributed by atoms with Crippen LogP contribution in [0, 0.1) is 5.92 Å². The lowest BCUT2D eigenvalue weighted by atomic mass is 9.99. The van der Waals surface area contributed by atoms with Gasteiger partial charge in [-0.1, -0.05) is 20.3 Å². The molecule has 0 heterocycles. The third-order valence-corrected chi connectivity index (χ3v) is 3.24. The van der Waals surface area contributed by atoms with Crippen LogP contribution in [0.25, 0.3) is 0 Å². The van der Waals surface area contributed by atoms with Crippen molar-refractivity contribution in [1.82, 2.24) is 5.32 Å². The van der Waals surface area contributed by atoms with Crippen LogP contribution in [-0.2, 0) is 11.0 Å². The van der Waals surface area contributed by atoms with Crippen molar-refractivity contribution in [3.8, 4) is 0 Å². The van der Waals surface area contributed by atoms with Crippen LogP contribution in [0.4, 0.5) is 13.2 Å². The smallest absolute Gasteiger partial charge is 0.416 e. The van der Waals surface area contributed by atoms with Crippen LogP contribution < -0.4 is 5.32 Å². The highest BCUT2D eigenvalue weighted by molar-refractivity contribution is 5.96. The maximum Gasteiger partial charge on any atom is 0.416 e. The van der Waals surface area contributed by atoms with E-state index in [0.717, 1.165) is 24.3 Å². The highest BCUT2D eigenvalue weighted by Crippen LogP contribution is 2.29. The summed E-state index contributed by atoms with van der Waals surface area (Å²) in [4.78, 5) is 23.0. The minimum absolute atomic E-state index is 0.0162. The van der Waals surface area contributed by atoms with E-state index in [9.17, 15) is 22.8 Å². The Balaban J connectivity index is 2.86. The van der Waals surface area contributed by atoms with Crippen molar-refractivity contribution < 1.29 is 27.9 Å². The van der Waals surface area contributed by atoms with Crippen molar-refractivity contribution in [3.05, 3.63) is 35.4 Å². The summed E-state index contributed by atoms with van der Waals surface area (Å²) in [6.07, 6.45) is -3.93. The number of benzene rings is 1. The first kappa shape index (κ1) is 17.0. The van der Waals surface area contributed by atoms with E-state index < -0.39 is 29.7 Å². The Kier molecular flexibility index (Phi) is 5.34. The summed E-state index contributed by atoms with van der Waals surface area (Å²) in [6, 6.07) is 2.54. The zero-order valence-electron chi connectivity index (χ0n) is 11.6. The molecule has 0 radical (unpaired) electrons. The summed E-state index contributed by atoms with van der Waals surface area (Å²) in [6.45, 7) is 3.46. The third kappa shape index (κ3) is 4.47. The molecular formula is C14H16F3NO3. The molecule has 0 aliphatic rings. The quantitative estimate of drug-likeness (QED) is 0.879. The molecule has 0 fully saturated rings. The molecule has 0 aromatic heterocycles. The lowest BCUT2D eigenvalue weighted by molar-refractivity contribution is -0.140. The average Bonchev–Trinajstić information content (AvgIpc) is 2.42. The number of rotatable bonds is 5. The third-order valence-electron chi connectivity index (χ3n) is 3.24. The second-order valence-electron chi connectivity index (χ2n) is 4.75. The number of carboxylic acid groups (broad SMARTS) is 1. The summed E-state index contributed by atoms with van der Waals surface area (Å²) in [7, 11) is 0. The zero-order chi connectivity index (χ0) is 16.2. The first-order chi connectivity index (χ1) is 9.66. The van der Waals surface area contributed by atoms with Gasteiger partial charge in [0.2, 0.25) is 0 Å². The number of alkyl halides is 3. The number of carbonyl (C=O) groups is 2. The Labute approximate surface area is 120 Å². The van der Waals surface area contributed by atoms with Crippen LogP contribution in [0.3, 0.4) is 0 Å². The molecule has 0 spiro atoms. The van der Waals surface area contributed by atoms with E-state index in [1.54, 1.807) is 13.8 Å². The number of carboxylic acids is 1. The second kappa shape index (κ2) is 6.60. The van der Waals surface area contributed by atoms with E-state index in [4.69, 9.17) is 5.11 Å². The first-order valence-electron chi connectivity index (χ1n) is 6.37. The van der Waals surface area contributed by atoms with E-state index in [1.807, 2.05) is 0 Å². The largest absolute Gasteiger partial charge is 0.480 e. The number of nitrogens with one attached hydrogen (secondary N) is 1. The van der Waals surface area contributed by atoms with Gasteiger partial charge in [0.1, 0.15) is 6.04 Å². The van der Waals surface area contributed by atoms with E-state index in [1.165, 1.54) is 0 Å². The molecule has 116 valence electrons. The molecule has 0 aliphatic carbocycles. The van der Waals surface area contributed by atoms with Crippen molar-refractivity contribution in [2.75, 3.05) is 0 Å². The standard InChI is InChI=1S/C14H16F3NO3/c1-3-8(2)11(13(20)21)18-12(19)9-4-6-10(7-5-9)14(15,16)17/h4-8,11H,3H2,1-2H3,(H,18,19)(H,20,21)/t8-,11+/m1/s1. The predicted molar refractivity (Wildman–Crippen MR) is 69.8 cm³/mol. The number of aliphatic carboxylic acids is 1. The van der Waals surface area contributed by atoms with Gasteiger partial charge in [0.05, 0.1) is 5.56 Å². The number of amides is 1. The molecule has 0 saturated heterocycles. The van der Waals surface area contributed by atoms with Crippen LogP contribution in [0.15, 0.2) is 24.3 Å². The van der Waals surface area contributed by atoms with Crippen molar-refractivity contribution in [2.24, 2.45) is 5.92 Å². The highest BCUT2D eigenvalue weighted by Gasteiger charge is 2.30. The van der Waals surface area contributed by atoms with Gasteiger partial charge in [-0.2, -0.15) is 13.2 Å². The Bertz CT molecular complexity index is 511. The topological polar surface area (TPSA) is 66.4 Å². The lowest BCUT2D eigenvalue weighted by Crippen LogP contribution is -2.45. The molecule has 7 heteroatoms. The Hall–Kier alpha value is -2.05. The van der Waals surface area contributed by atoms with Gasteiger partial charge < -0.3 is 10.4 Å². The molecule has 2 N–H and O–H groups in total. The lowest BCUT2D eigenvalue weighted by Gasteiger charge is -2.20. The van der Waals surface area contributed by atoms with Gasteiger partial charge in [-0.15, -0.1) is 0 Å². The van der Waals surface area contributed by atoms with Crippen molar-refractivity contribution >= 4 is 11.9 Å². The van der Waals surface area contributed by atoms with Gasteiger partial charge in [0, 0.05) is 5.56 Å². The van der Waals surface area contributed by atoms with E-state index in [-0.39, 0.29) is 11.5 Å². The fraction of sp³-hybridized carbons (Fsp3) is 0.429. The van der Waals surface area contributed by atoms with Gasteiger partial charge >= 0.3 is 12.1 Å². The minimum atomic E-state index is -4.48. The van der Waals surface area contributed by atoms with E-state index >= 15 is 0 Å². The van der Waals surface area contributed by atoms with Gasteiger partial charge in [0.15, 0.2) is 0 Å². The maximum atomic E-state index is 12.4. The molecule has 0 saturated carbocycles. The first-order valence-corrected chi connectivity index (χ1v) is 6.37. The monoisotopic (exact) mass is 303 g/mol. The molecule has 21 heavy (non-hydrogen) atoms. The van der Waals surface area contributed by atoms with Gasteiger partial charge in [-0.05, 0) is 30.2 Å². The maximum absolute atomic E-state index is 12.4. The predicted octanol–water partition coefficient (Wildman–Crippen LogP) is 2.93. The van der Waals surface area contributed by atoms with Crippen molar-refractivity contribution in [1.29, 1.82) is 0 Å². The molecule has 1 amide bonds. The Morgan fingerprint density at radius 1 is 1.24 bits per heavy atom. The fourth-order valence-corrected chi connectivity index (χ4v) is 1.72. The molecule has 1 rings (SSSR count). The normalized spacial score (nSPS) is 14.3. The second-order valence-corrected chi connectivity index (χ2v) is 4.75. The highest BCUT2D eigenvalue weighted by atomic mass is 19.4. The molecule has 1 aromatic rings. The van der Waals surface area contributed by atoms with Crippen LogP contribution in [0.2, 0.25) is 0 Å². The van der Waals surface area contributed by atoms with Crippen LogP contribution in [-0.4, -0.2) is 23.0 Å². The molecule has 0 unspecified atom stereocenters. The van der Waals surface area contributed by atoms with Crippen LogP contribution >= 0.6 is 0 Å². The van der Waals surface area contributed by atoms with E-state index in [2.05, 4.69) is 5.32 Å². The number of halogens is 3. The molecule has 2 atom stereocenters. The number of hydrogen-bond donors (Lipinski definition) is 2. The van der Waals surface area contributed by atoms with Gasteiger partial charge in [0.25, 0.3) is 5.91 Å². The van der Waals surface area contributed by atoms with Crippen molar-refractivity contribution in [2.45, 2.75) is 32.5 Å².